The Kier molecular flexibility index (Phi) is 5.59. The summed E-state index contributed by atoms with van der Waals surface area (Å²) in [6.07, 6.45) is 0. The summed E-state index contributed by atoms with van der Waals surface area (Å²) in [5.41, 5.74) is 0.227. The molecule has 1 rings (SSSR count). The van der Waals surface area contributed by atoms with Gasteiger partial charge in [0.05, 0.1) is 7.11 Å². The molecule has 0 aliphatic heterocycles. The van der Waals surface area contributed by atoms with Crippen molar-refractivity contribution in [1.29, 1.82) is 0 Å². The smallest absolute Gasteiger partial charge is 0.322 e. The largest absolute Gasteiger partial charge is 0.493 e. The zero-order valence-corrected chi connectivity index (χ0v) is 10.3. The molecule has 7 heteroatoms. The van der Waals surface area contributed by atoms with Crippen LogP contribution >= 0.6 is 0 Å². The van der Waals surface area contributed by atoms with Crippen molar-refractivity contribution in [3.8, 4) is 11.5 Å². The number of halogens is 1. The van der Waals surface area contributed by atoms with Gasteiger partial charge in [-0.2, -0.15) is 0 Å². The molecule has 0 atom stereocenters. The first kappa shape index (κ1) is 14.7. The fourth-order valence-corrected chi connectivity index (χ4v) is 1.33. The Hall–Kier alpha value is -2.31. The summed E-state index contributed by atoms with van der Waals surface area (Å²) >= 11 is 0. The fraction of sp³-hybridized carbons (Fsp3) is 0.333. The fourth-order valence-electron chi connectivity index (χ4n) is 1.33. The molecule has 0 aromatic heterocycles. The van der Waals surface area contributed by atoms with Gasteiger partial charge in [-0.3, -0.25) is 9.59 Å². The predicted octanol–water partition coefficient (Wildman–Crippen LogP) is 0.858. The van der Waals surface area contributed by atoms with Crippen LogP contribution in [0, 0.1) is 0 Å². The van der Waals surface area contributed by atoms with Crippen molar-refractivity contribution in [1.82, 2.24) is 5.32 Å². The summed E-state index contributed by atoms with van der Waals surface area (Å²) in [7, 11) is 1.39. The molecule has 1 aromatic carbocycles. The minimum absolute atomic E-state index is 0.110. The number of methoxy groups -OCH3 is 1. The van der Waals surface area contributed by atoms with E-state index in [1.165, 1.54) is 25.3 Å². The van der Waals surface area contributed by atoms with Crippen LogP contribution < -0.4 is 14.8 Å². The quantitative estimate of drug-likeness (QED) is 0.768. The molecule has 0 unspecified atom stereocenters. The standard InChI is InChI=1S/C12H14FNO5/c1-18-10-6-8(12(17)14-7-11(15)16)2-3-9(10)19-5-4-13/h2-3,6H,4-5,7H2,1H3,(H,14,17)(H,15,16). The van der Waals surface area contributed by atoms with Crippen LogP contribution in [0.5, 0.6) is 11.5 Å². The van der Waals surface area contributed by atoms with Gasteiger partial charge in [0.25, 0.3) is 5.91 Å². The number of carboxylic acid groups (broad SMARTS) is 1. The van der Waals surface area contributed by atoms with E-state index in [2.05, 4.69) is 5.32 Å². The Morgan fingerprint density at radius 3 is 2.68 bits per heavy atom. The highest BCUT2D eigenvalue weighted by molar-refractivity contribution is 5.96. The van der Waals surface area contributed by atoms with Gasteiger partial charge in [0.15, 0.2) is 11.5 Å². The van der Waals surface area contributed by atoms with Crippen LogP contribution in [-0.2, 0) is 4.79 Å². The number of nitrogens with one attached hydrogen (secondary N) is 1. The lowest BCUT2D eigenvalue weighted by atomic mass is 10.2. The maximum Gasteiger partial charge on any atom is 0.322 e. The highest BCUT2D eigenvalue weighted by Crippen LogP contribution is 2.27. The summed E-state index contributed by atoms with van der Waals surface area (Å²) < 4.78 is 22.1. The van der Waals surface area contributed by atoms with Crippen LogP contribution in [0.25, 0.3) is 0 Å². The van der Waals surface area contributed by atoms with Gasteiger partial charge in [-0.15, -0.1) is 0 Å². The van der Waals surface area contributed by atoms with Gasteiger partial charge in [-0.1, -0.05) is 0 Å². The number of carbonyl (C=O) groups is 2. The second-order valence-corrected chi connectivity index (χ2v) is 3.48. The van der Waals surface area contributed by atoms with E-state index in [0.717, 1.165) is 0 Å². The van der Waals surface area contributed by atoms with Crippen molar-refractivity contribution in [2.24, 2.45) is 0 Å². The number of ether oxygens (including phenoxy) is 2. The number of hydrogen-bond donors (Lipinski definition) is 2. The number of carboxylic acids is 1. The Labute approximate surface area is 109 Å². The van der Waals surface area contributed by atoms with Gasteiger partial charge in [0.2, 0.25) is 0 Å². The number of amides is 1. The van der Waals surface area contributed by atoms with Crippen LogP contribution in [0.3, 0.4) is 0 Å². The van der Waals surface area contributed by atoms with Crippen LogP contribution in [0.1, 0.15) is 10.4 Å². The topological polar surface area (TPSA) is 84.9 Å². The second-order valence-electron chi connectivity index (χ2n) is 3.48. The number of benzene rings is 1. The monoisotopic (exact) mass is 271 g/mol. The molecule has 0 heterocycles. The molecule has 1 amide bonds. The van der Waals surface area contributed by atoms with Gasteiger partial charge in [0, 0.05) is 5.56 Å². The number of hydrogen-bond acceptors (Lipinski definition) is 4. The highest BCUT2D eigenvalue weighted by atomic mass is 19.1. The third-order valence-electron chi connectivity index (χ3n) is 2.16. The molecule has 104 valence electrons. The van der Waals surface area contributed by atoms with Crippen LogP contribution in [0.4, 0.5) is 4.39 Å². The average Bonchev–Trinajstić information content (AvgIpc) is 2.42. The first-order valence-corrected chi connectivity index (χ1v) is 5.45. The average molecular weight is 271 g/mol. The molecular weight excluding hydrogens is 257 g/mol. The van der Waals surface area contributed by atoms with E-state index in [0.29, 0.717) is 5.75 Å². The van der Waals surface area contributed by atoms with E-state index in [1.54, 1.807) is 0 Å². The summed E-state index contributed by atoms with van der Waals surface area (Å²) in [6.45, 7) is -1.22. The lowest BCUT2D eigenvalue weighted by molar-refractivity contribution is -0.135. The molecular formula is C12H14FNO5. The molecule has 0 saturated carbocycles. The minimum Gasteiger partial charge on any atom is -0.493 e. The molecule has 0 saturated heterocycles. The number of carbonyl (C=O) groups excluding carboxylic acids is 1. The van der Waals surface area contributed by atoms with Gasteiger partial charge >= 0.3 is 5.97 Å². The molecule has 6 nitrogen and oxygen atoms in total. The summed E-state index contributed by atoms with van der Waals surface area (Å²) in [5, 5.41) is 10.7. The first-order valence-electron chi connectivity index (χ1n) is 5.45. The van der Waals surface area contributed by atoms with Gasteiger partial charge in [-0.05, 0) is 18.2 Å². The third kappa shape index (κ3) is 4.46. The summed E-state index contributed by atoms with van der Waals surface area (Å²) in [6, 6.07) is 4.29. The molecule has 0 fully saturated rings. The second kappa shape index (κ2) is 7.20. The normalized spacial score (nSPS) is 9.79. The van der Waals surface area contributed by atoms with Crippen molar-refractivity contribution in [2.45, 2.75) is 0 Å². The van der Waals surface area contributed by atoms with Crippen molar-refractivity contribution in [3.63, 3.8) is 0 Å². The van der Waals surface area contributed by atoms with E-state index in [9.17, 15) is 14.0 Å². The molecule has 0 radical (unpaired) electrons. The number of rotatable bonds is 7. The van der Waals surface area contributed by atoms with Crippen LogP contribution in [0.2, 0.25) is 0 Å². The lowest BCUT2D eigenvalue weighted by Gasteiger charge is -2.11. The van der Waals surface area contributed by atoms with Crippen molar-refractivity contribution in [3.05, 3.63) is 23.8 Å². The Morgan fingerprint density at radius 2 is 2.11 bits per heavy atom. The first-order chi connectivity index (χ1) is 9.08. The summed E-state index contributed by atoms with van der Waals surface area (Å²) in [5.74, 6) is -1.09. The van der Waals surface area contributed by atoms with Gasteiger partial charge in [-0.25, -0.2) is 4.39 Å². The molecule has 0 spiro atoms. The van der Waals surface area contributed by atoms with Crippen molar-refractivity contribution >= 4 is 11.9 Å². The molecule has 19 heavy (non-hydrogen) atoms. The maximum absolute atomic E-state index is 12.0. The number of aliphatic carboxylic acids is 1. The minimum atomic E-state index is -1.14. The van der Waals surface area contributed by atoms with Crippen LogP contribution in [0.15, 0.2) is 18.2 Å². The van der Waals surface area contributed by atoms with E-state index in [1.807, 2.05) is 0 Å². The Morgan fingerprint density at radius 1 is 1.37 bits per heavy atom. The van der Waals surface area contributed by atoms with Gasteiger partial charge < -0.3 is 19.9 Å². The summed E-state index contributed by atoms with van der Waals surface area (Å²) in [4.78, 5) is 21.9. The van der Waals surface area contributed by atoms with E-state index >= 15 is 0 Å². The zero-order valence-electron chi connectivity index (χ0n) is 10.3. The zero-order chi connectivity index (χ0) is 14.3. The lowest BCUT2D eigenvalue weighted by Crippen LogP contribution is -2.29. The molecule has 0 bridgehead atoms. The number of alkyl halides is 1. The molecule has 0 aliphatic carbocycles. The maximum atomic E-state index is 12.0. The Bertz CT molecular complexity index is 463. The third-order valence-corrected chi connectivity index (χ3v) is 2.16. The van der Waals surface area contributed by atoms with E-state index < -0.39 is 25.1 Å². The van der Waals surface area contributed by atoms with Crippen molar-refractivity contribution < 1.29 is 28.6 Å². The Balaban J connectivity index is 2.80. The molecule has 0 aliphatic rings. The highest BCUT2D eigenvalue weighted by Gasteiger charge is 2.11. The van der Waals surface area contributed by atoms with E-state index in [4.69, 9.17) is 14.6 Å². The van der Waals surface area contributed by atoms with Crippen molar-refractivity contribution in [2.75, 3.05) is 26.9 Å². The SMILES string of the molecule is COc1cc(C(=O)NCC(=O)O)ccc1OCCF. The molecule has 2 N–H and O–H groups in total. The molecule has 1 aromatic rings. The predicted molar refractivity (Wildman–Crippen MR) is 64.4 cm³/mol. The van der Waals surface area contributed by atoms with E-state index in [-0.39, 0.29) is 17.9 Å². The van der Waals surface area contributed by atoms with Gasteiger partial charge in [0.1, 0.15) is 19.8 Å². The van der Waals surface area contributed by atoms with Crippen LogP contribution in [-0.4, -0.2) is 43.9 Å².